The summed E-state index contributed by atoms with van der Waals surface area (Å²) in [7, 11) is -4.39. The minimum Gasteiger partial charge on any atom is -0.333 e. The maximum Gasteiger partial charge on any atom is 0.336 e. The Kier molecular flexibility index (Phi) is 3.11. The average Bonchev–Trinajstić information content (AvgIpc) is 2.01. The number of rotatable bonds is 4. The monoisotopic (exact) mass is 174 g/mol. The Morgan fingerprint density at radius 1 is 1.18 bits per heavy atom. The van der Waals surface area contributed by atoms with Crippen LogP contribution in [0.5, 0.6) is 0 Å². The molecule has 5 heteroatoms. The smallest absolute Gasteiger partial charge is 0.333 e. The third-order valence-corrected chi connectivity index (χ3v) is 2.51. The fourth-order valence-corrected chi connectivity index (χ4v) is 1.07. The van der Waals surface area contributed by atoms with E-state index in [9.17, 15) is 14.2 Å². The Morgan fingerprint density at radius 2 is 1.45 bits per heavy atom. The van der Waals surface area contributed by atoms with Gasteiger partial charge >= 0.3 is 7.37 Å². The molecule has 4 nitrogen and oxygen atoms in total. The van der Waals surface area contributed by atoms with Crippen molar-refractivity contribution in [2.24, 2.45) is 0 Å². The number of allylic oxidation sites excluding steroid dienone is 2. The van der Waals surface area contributed by atoms with Crippen molar-refractivity contribution in [1.82, 2.24) is 0 Å². The lowest BCUT2D eigenvalue weighted by Gasteiger charge is -2.00. The second kappa shape index (κ2) is 3.42. The third kappa shape index (κ3) is 1.97. The summed E-state index contributed by atoms with van der Waals surface area (Å²) in [6.45, 7) is 5.95. The number of hydrogen-bond acceptors (Lipinski definition) is 3. The van der Waals surface area contributed by atoms with Crippen molar-refractivity contribution in [2.45, 2.75) is 0 Å². The summed E-state index contributed by atoms with van der Waals surface area (Å²) in [4.78, 5) is 29.8. The molecule has 0 aromatic heterocycles. The van der Waals surface area contributed by atoms with Crippen molar-refractivity contribution in [2.75, 3.05) is 0 Å². The van der Waals surface area contributed by atoms with Crippen LogP contribution in [0.15, 0.2) is 25.3 Å². The molecular weight excluding hydrogens is 167 g/mol. The largest absolute Gasteiger partial charge is 0.336 e. The van der Waals surface area contributed by atoms with Crippen LogP contribution in [0, 0.1) is 0 Å². The SMILES string of the molecule is C=CC(=O)P(=O)(O)C(=O)C=C. The third-order valence-electron chi connectivity index (χ3n) is 0.947. The first-order chi connectivity index (χ1) is 4.96. The summed E-state index contributed by atoms with van der Waals surface area (Å²) < 4.78 is 10.8. The molecule has 0 atom stereocenters. The number of hydrogen-bond donors (Lipinski definition) is 1. The quantitative estimate of drug-likeness (QED) is 0.502. The Bertz CT molecular complexity index is 242. The topological polar surface area (TPSA) is 71.4 Å². The molecule has 0 aromatic carbocycles. The van der Waals surface area contributed by atoms with Crippen LogP contribution in [0.2, 0.25) is 0 Å². The summed E-state index contributed by atoms with van der Waals surface area (Å²) >= 11 is 0. The highest BCUT2D eigenvalue weighted by molar-refractivity contribution is 7.90. The van der Waals surface area contributed by atoms with E-state index in [4.69, 9.17) is 4.89 Å². The molecule has 1 N–H and O–H groups in total. The summed E-state index contributed by atoms with van der Waals surface area (Å²) in [6, 6.07) is 0. The van der Waals surface area contributed by atoms with Crippen molar-refractivity contribution in [1.29, 1.82) is 0 Å². The van der Waals surface area contributed by atoms with E-state index in [-0.39, 0.29) is 0 Å². The van der Waals surface area contributed by atoms with Crippen LogP contribution in [0.1, 0.15) is 0 Å². The Labute approximate surface area is 63.7 Å². The molecule has 0 aromatic rings. The summed E-state index contributed by atoms with van der Waals surface area (Å²) in [6.07, 6.45) is 1.28. The van der Waals surface area contributed by atoms with Crippen LogP contribution in [0.4, 0.5) is 0 Å². The predicted octanol–water partition coefficient (Wildman–Crippen LogP) is 0.682. The van der Waals surface area contributed by atoms with Crippen molar-refractivity contribution < 1.29 is 19.0 Å². The van der Waals surface area contributed by atoms with Gasteiger partial charge in [0, 0.05) is 0 Å². The molecule has 0 aliphatic rings. The molecule has 0 unspecified atom stereocenters. The van der Waals surface area contributed by atoms with Crippen molar-refractivity contribution in [3.8, 4) is 0 Å². The van der Waals surface area contributed by atoms with Gasteiger partial charge in [-0.1, -0.05) is 13.2 Å². The fourth-order valence-electron chi connectivity index (χ4n) is 0.356. The first-order valence-corrected chi connectivity index (χ1v) is 4.29. The minimum absolute atomic E-state index is 0.641. The Hall–Kier alpha value is -0.990. The van der Waals surface area contributed by atoms with Crippen LogP contribution in [-0.2, 0) is 14.2 Å². The zero-order chi connectivity index (χ0) is 9.07. The van der Waals surface area contributed by atoms with Gasteiger partial charge in [0.15, 0.2) is 0 Å². The second-order valence-electron chi connectivity index (χ2n) is 1.66. The molecule has 60 valence electrons. The van der Waals surface area contributed by atoms with Crippen molar-refractivity contribution in [3.63, 3.8) is 0 Å². The Morgan fingerprint density at radius 3 is 1.64 bits per heavy atom. The number of carbonyl (C=O) groups is 2. The zero-order valence-corrected chi connectivity index (χ0v) is 6.58. The van der Waals surface area contributed by atoms with Crippen LogP contribution >= 0.6 is 7.37 Å². The van der Waals surface area contributed by atoms with Crippen LogP contribution < -0.4 is 0 Å². The van der Waals surface area contributed by atoms with E-state index in [0.29, 0.717) is 12.2 Å². The van der Waals surface area contributed by atoms with Crippen LogP contribution in [0.25, 0.3) is 0 Å². The highest BCUT2D eigenvalue weighted by Gasteiger charge is 2.32. The van der Waals surface area contributed by atoms with Gasteiger partial charge in [-0.2, -0.15) is 0 Å². The first kappa shape index (κ1) is 10.0. The van der Waals surface area contributed by atoms with E-state index in [1.807, 2.05) is 0 Å². The second-order valence-corrected chi connectivity index (χ2v) is 3.69. The highest BCUT2D eigenvalue weighted by Crippen LogP contribution is 2.42. The molecular formula is C6H7O4P. The summed E-state index contributed by atoms with van der Waals surface area (Å²) in [5.41, 5.74) is -2.33. The van der Waals surface area contributed by atoms with Crippen LogP contribution in [0.3, 0.4) is 0 Å². The fraction of sp³-hybridized carbons (Fsp3) is 0. The van der Waals surface area contributed by atoms with E-state index in [0.717, 1.165) is 0 Å². The molecule has 0 spiro atoms. The minimum atomic E-state index is -4.39. The van der Waals surface area contributed by atoms with Gasteiger partial charge in [0.25, 0.3) is 0 Å². The van der Waals surface area contributed by atoms with Gasteiger partial charge in [-0.05, 0) is 12.2 Å². The summed E-state index contributed by atoms with van der Waals surface area (Å²) in [5, 5.41) is 0. The molecule has 0 saturated heterocycles. The molecule has 0 radical (unpaired) electrons. The van der Waals surface area contributed by atoms with E-state index in [2.05, 4.69) is 13.2 Å². The molecule has 0 bridgehead atoms. The average molecular weight is 174 g/mol. The molecule has 0 saturated carbocycles. The lowest BCUT2D eigenvalue weighted by atomic mass is 10.7. The molecule has 0 aliphatic carbocycles. The highest BCUT2D eigenvalue weighted by atomic mass is 31.2. The predicted molar refractivity (Wildman–Crippen MR) is 40.2 cm³/mol. The molecule has 11 heavy (non-hydrogen) atoms. The van der Waals surface area contributed by atoms with Crippen molar-refractivity contribution >= 4 is 18.4 Å². The van der Waals surface area contributed by atoms with E-state index >= 15 is 0 Å². The lowest BCUT2D eigenvalue weighted by molar-refractivity contribution is -0.111. The van der Waals surface area contributed by atoms with Gasteiger partial charge < -0.3 is 4.89 Å². The van der Waals surface area contributed by atoms with Gasteiger partial charge in [-0.3, -0.25) is 14.2 Å². The molecule has 0 rings (SSSR count). The maximum absolute atomic E-state index is 10.8. The standard InChI is InChI=1S/C6H7O4P/c1-3-5(7)11(9,10)6(8)4-2/h3-4H,1-2H2,(H,9,10). The molecule has 0 amide bonds. The Balaban J connectivity index is 4.88. The van der Waals surface area contributed by atoms with Gasteiger partial charge in [-0.25, -0.2) is 0 Å². The number of carbonyl (C=O) groups excluding carboxylic acids is 2. The maximum atomic E-state index is 10.8. The summed E-state index contributed by atoms with van der Waals surface area (Å²) in [5.74, 6) is 0. The zero-order valence-electron chi connectivity index (χ0n) is 5.69. The van der Waals surface area contributed by atoms with E-state index in [1.165, 1.54) is 0 Å². The van der Waals surface area contributed by atoms with Gasteiger partial charge in [0.05, 0.1) is 0 Å². The van der Waals surface area contributed by atoms with E-state index in [1.54, 1.807) is 0 Å². The van der Waals surface area contributed by atoms with Gasteiger partial charge in [0.2, 0.25) is 11.0 Å². The van der Waals surface area contributed by atoms with Gasteiger partial charge in [0.1, 0.15) is 0 Å². The van der Waals surface area contributed by atoms with E-state index < -0.39 is 18.4 Å². The molecule has 0 fully saturated rings. The molecule has 0 heterocycles. The molecule has 0 aliphatic heterocycles. The normalized spacial score (nSPS) is 10.3. The lowest BCUT2D eigenvalue weighted by Crippen LogP contribution is -2.03. The van der Waals surface area contributed by atoms with Gasteiger partial charge in [-0.15, -0.1) is 0 Å². The van der Waals surface area contributed by atoms with Crippen molar-refractivity contribution in [3.05, 3.63) is 25.3 Å². The first-order valence-electron chi connectivity index (χ1n) is 2.63. The van der Waals surface area contributed by atoms with Crippen LogP contribution in [-0.4, -0.2) is 15.9 Å².